The molecule has 2 aromatic rings. The van der Waals surface area contributed by atoms with Crippen LogP contribution in [0, 0.1) is 11.3 Å². The molecule has 0 aliphatic heterocycles. The number of benzene rings is 2. The number of nitrogens with zero attached hydrogens (tertiary/aromatic N) is 1. The van der Waals surface area contributed by atoms with Crippen molar-refractivity contribution in [2.24, 2.45) is 0 Å². The molecule has 2 N–H and O–H groups in total. The number of fused-ring (bicyclic) bond motifs is 2. The lowest BCUT2D eigenvalue weighted by atomic mass is 9.83. The maximum absolute atomic E-state index is 12.6. The van der Waals surface area contributed by atoms with Gasteiger partial charge in [-0.2, -0.15) is 5.26 Å². The first-order chi connectivity index (χ1) is 12.0. The van der Waals surface area contributed by atoms with E-state index in [1.807, 2.05) is 6.92 Å². The molecular formula is C19H17NO5. The van der Waals surface area contributed by atoms with E-state index >= 15 is 0 Å². The van der Waals surface area contributed by atoms with Crippen molar-refractivity contribution < 1.29 is 24.5 Å². The van der Waals surface area contributed by atoms with Crippen molar-refractivity contribution in [1.29, 1.82) is 5.26 Å². The monoisotopic (exact) mass is 339 g/mol. The van der Waals surface area contributed by atoms with E-state index in [9.17, 15) is 19.8 Å². The lowest BCUT2D eigenvalue weighted by Gasteiger charge is -2.20. The number of phenolic OH excluding ortho intramolecular Hbond substituents is 2. The highest BCUT2D eigenvalue weighted by Gasteiger charge is 2.35. The molecule has 25 heavy (non-hydrogen) atoms. The topological polar surface area (TPSA) is 108 Å². The molecule has 0 aromatic heterocycles. The van der Waals surface area contributed by atoms with Gasteiger partial charge in [-0.25, -0.2) is 0 Å². The number of hydrogen-bond donors (Lipinski definition) is 2. The maximum atomic E-state index is 12.6. The normalized spacial score (nSPS) is 11.6. The number of nitriles is 1. The van der Waals surface area contributed by atoms with Crippen LogP contribution in [0.2, 0.25) is 0 Å². The van der Waals surface area contributed by atoms with Gasteiger partial charge in [0.15, 0.2) is 23.1 Å². The zero-order chi connectivity index (χ0) is 18.6. The lowest BCUT2D eigenvalue weighted by Crippen LogP contribution is -2.21. The van der Waals surface area contributed by atoms with Gasteiger partial charge in [-0.15, -0.1) is 0 Å². The highest BCUT2D eigenvalue weighted by molar-refractivity contribution is 6.30. The number of ether oxygens (including phenoxy) is 1. The van der Waals surface area contributed by atoms with Gasteiger partial charge in [-0.05, 0) is 6.42 Å². The molecule has 0 saturated carbocycles. The molecule has 0 atom stereocenters. The molecule has 0 saturated heterocycles. The highest BCUT2D eigenvalue weighted by Crippen LogP contribution is 2.43. The minimum Gasteiger partial charge on any atom is -0.507 e. The van der Waals surface area contributed by atoms with Crippen LogP contribution in [-0.4, -0.2) is 28.4 Å². The molecule has 0 amide bonds. The second kappa shape index (κ2) is 7.49. The fraction of sp³-hybridized carbons (Fsp3) is 0.211. The third-order valence-electron chi connectivity index (χ3n) is 3.58. The Bertz CT molecular complexity index is 880. The Morgan fingerprint density at radius 1 is 1.08 bits per heavy atom. The standard InChI is InChI=1S/C17H14O5.C2H3N/c1-2-7-22-12-8-11(18)13-14(17(12)21)16(20)10-6-4-3-5-9(10)15(13)19;1-2-3/h3-6,8,18,21H,2,7H2,1H3;1H3. The molecule has 2 aromatic carbocycles. The quantitative estimate of drug-likeness (QED) is 0.710. The summed E-state index contributed by atoms with van der Waals surface area (Å²) in [7, 11) is 0. The Kier molecular flexibility index (Phi) is 5.40. The number of aromatic hydroxyl groups is 2. The van der Waals surface area contributed by atoms with E-state index < -0.39 is 17.3 Å². The average molecular weight is 339 g/mol. The zero-order valence-electron chi connectivity index (χ0n) is 13.9. The SMILES string of the molecule is CC#N.CCCOc1cc(O)c2c(c1O)C(=O)c1ccccc1C2=O. The van der Waals surface area contributed by atoms with Crippen molar-refractivity contribution in [3.8, 4) is 23.3 Å². The van der Waals surface area contributed by atoms with Gasteiger partial charge in [0.1, 0.15) is 5.75 Å². The summed E-state index contributed by atoms with van der Waals surface area (Å²) < 4.78 is 5.33. The van der Waals surface area contributed by atoms with Gasteiger partial charge in [0, 0.05) is 24.1 Å². The van der Waals surface area contributed by atoms with Gasteiger partial charge < -0.3 is 14.9 Å². The fourth-order valence-corrected chi connectivity index (χ4v) is 2.56. The van der Waals surface area contributed by atoms with Crippen LogP contribution >= 0.6 is 0 Å². The molecule has 1 aliphatic carbocycles. The van der Waals surface area contributed by atoms with Gasteiger partial charge in [0.2, 0.25) is 0 Å². The van der Waals surface area contributed by atoms with Crippen LogP contribution in [0.3, 0.4) is 0 Å². The number of carbonyl (C=O) groups is 2. The molecule has 3 rings (SSSR count). The van der Waals surface area contributed by atoms with Crippen molar-refractivity contribution in [1.82, 2.24) is 0 Å². The summed E-state index contributed by atoms with van der Waals surface area (Å²) in [6.07, 6.45) is 0.701. The Morgan fingerprint density at radius 2 is 1.60 bits per heavy atom. The third kappa shape index (κ3) is 3.17. The Hall–Kier alpha value is -3.33. The Balaban J connectivity index is 0.000000701. The molecule has 128 valence electrons. The van der Waals surface area contributed by atoms with Crippen LogP contribution in [-0.2, 0) is 0 Å². The summed E-state index contributed by atoms with van der Waals surface area (Å²) in [6.45, 7) is 3.64. The summed E-state index contributed by atoms with van der Waals surface area (Å²) in [5.74, 6) is -1.76. The molecule has 0 unspecified atom stereocenters. The number of ketones is 2. The lowest BCUT2D eigenvalue weighted by molar-refractivity contribution is 0.0973. The van der Waals surface area contributed by atoms with Crippen LogP contribution in [0.25, 0.3) is 0 Å². The fourth-order valence-electron chi connectivity index (χ4n) is 2.56. The zero-order valence-corrected chi connectivity index (χ0v) is 13.9. The van der Waals surface area contributed by atoms with Crippen LogP contribution < -0.4 is 4.74 Å². The van der Waals surface area contributed by atoms with Gasteiger partial charge >= 0.3 is 0 Å². The van der Waals surface area contributed by atoms with E-state index in [1.165, 1.54) is 25.1 Å². The van der Waals surface area contributed by atoms with Crippen molar-refractivity contribution >= 4 is 11.6 Å². The van der Waals surface area contributed by atoms with Gasteiger partial charge in [-0.1, -0.05) is 31.2 Å². The van der Waals surface area contributed by atoms with Crippen LogP contribution in [0.4, 0.5) is 0 Å². The van der Waals surface area contributed by atoms with Gasteiger partial charge in [-0.3, -0.25) is 9.59 Å². The third-order valence-corrected chi connectivity index (χ3v) is 3.58. The first-order valence-electron chi connectivity index (χ1n) is 7.68. The summed E-state index contributed by atoms with van der Waals surface area (Å²) in [5.41, 5.74) is 0.0547. The number of carbonyl (C=O) groups excluding carboxylic acids is 2. The minimum atomic E-state index is -0.500. The molecule has 0 spiro atoms. The van der Waals surface area contributed by atoms with E-state index in [4.69, 9.17) is 10.00 Å². The molecule has 1 aliphatic rings. The predicted molar refractivity (Wildman–Crippen MR) is 90.2 cm³/mol. The van der Waals surface area contributed by atoms with E-state index in [2.05, 4.69) is 0 Å². The summed E-state index contributed by atoms with van der Waals surface area (Å²) in [4.78, 5) is 25.1. The summed E-state index contributed by atoms with van der Waals surface area (Å²) in [5, 5.41) is 27.7. The Labute approximate surface area is 144 Å². The first-order valence-corrected chi connectivity index (χ1v) is 7.68. The van der Waals surface area contributed by atoms with Crippen molar-refractivity contribution in [3.05, 3.63) is 52.6 Å². The van der Waals surface area contributed by atoms with Crippen LogP contribution in [0.1, 0.15) is 52.1 Å². The van der Waals surface area contributed by atoms with E-state index in [0.29, 0.717) is 13.0 Å². The molecule has 6 nitrogen and oxygen atoms in total. The molecule has 0 fully saturated rings. The predicted octanol–water partition coefficient (Wildman–Crippen LogP) is 3.19. The molecule has 6 heteroatoms. The van der Waals surface area contributed by atoms with Crippen molar-refractivity contribution in [2.75, 3.05) is 6.61 Å². The minimum absolute atomic E-state index is 0.00127. The van der Waals surface area contributed by atoms with Gasteiger partial charge in [0.05, 0.1) is 23.8 Å². The first kappa shape index (κ1) is 18.0. The van der Waals surface area contributed by atoms with Gasteiger partial charge in [0.25, 0.3) is 0 Å². The van der Waals surface area contributed by atoms with E-state index in [-0.39, 0.29) is 33.8 Å². The molecule has 0 bridgehead atoms. The number of rotatable bonds is 3. The number of phenols is 2. The van der Waals surface area contributed by atoms with E-state index in [1.54, 1.807) is 18.2 Å². The molecule has 0 radical (unpaired) electrons. The summed E-state index contributed by atoms with van der Waals surface area (Å²) in [6, 6.07) is 9.25. The second-order valence-electron chi connectivity index (χ2n) is 5.27. The largest absolute Gasteiger partial charge is 0.507 e. The second-order valence-corrected chi connectivity index (χ2v) is 5.27. The van der Waals surface area contributed by atoms with Crippen molar-refractivity contribution in [3.63, 3.8) is 0 Å². The smallest absolute Gasteiger partial charge is 0.198 e. The average Bonchev–Trinajstić information content (AvgIpc) is 2.60. The highest BCUT2D eigenvalue weighted by atomic mass is 16.5. The summed E-state index contributed by atoms with van der Waals surface area (Å²) >= 11 is 0. The Morgan fingerprint density at radius 3 is 2.12 bits per heavy atom. The van der Waals surface area contributed by atoms with Crippen LogP contribution in [0.15, 0.2) is 30.3 Å². The van der Waals surface area contributed by atoms with Crippen molar-refractivity contribution in [2.45, 2.75) is 20.3 Å². The molecular weight excluding hydrogens is 322 g/mol. The van der Waals surface area contributed by atoms with Crippen LogP contribution in [0.5, 0.6) is 17.2 Å². The molecule has 0 heterocycles. The number of hydrogen-bond acceptors (Lipinski definition) is 6. The maximum Gasteiger partial charge on any atom is 0.198 e. The van der Waals surface area contributed by atoms with E-state index in [0.717, 1.165) is 0 Å².